The predicted molar refractivity (Wildman–Crippen MR) is 94.2 cm³/mol. The fourth-order valence-corrected chi connectivity index (χ4v) is 3.01. The summed E-state index contributed by atoms with van der Waals surface area (Å²) >= 11 is 0. The number of aryl methyl sites for hydroxylation is 2. The number of aromatic nitrogens is 4. The predicted octanol–water partition coefficient (Wildman–Crippen LogP) is 1.55. The number of aliphatic hydroxyl groups is 1. The van der Waals surface area contributed by atoms with Crippen molar-refractivity contribution in [2.24, 2.45) is 14.1 Å². The van der Waals surface area contributed by atoms with Crippen molar-refractivity contribution < 1.29 is 5.11 Å². The lowest BCUT2D eigenvalue weighted by molar-refractivity contribution is 0.180. The van der Waals surface area contributed by atoms with Gasteiger partial charge in [-0.1, -0.05) is 32.1 Å². The molecule has 7 nitrogen and oxygen atoms in total. The SMILES string of the molecule is CC(O)CCCCCCCCn1c(=O)c2c(ncn2C)n(C)c1=O. The van der Waals surface area contributed by atoms with E-state index in [0.717, 1.165) is 44.9 Å². The number of imidazole rings is 1. The summed E-state index contributed by atoms with van der Waals surface area (Å²) in [6.45, 7) is 2.26. The molecule has 0 radical (unpaired) electrons. The van der Waals surface area contributed by atoms with E-state index in [1.807, 2.05) is 6.92 Å². The molecule has 1 N–H and O–H groups in total. The van der Waals surface area contributed by atoms with Gasteiger partial charge in [-0.2, -0.15) is 0 Å². The van der Waals surface area contributed by atoms with E-state index in [4.69, 9.17) is 0 Å². The molecule has 2 heterocycles. The quantitative estimate of drug-likeness (QED) is 0.704. The van der Waals surface area contributed by atoms with E-state index in [1.165, 1.54) is 9.13 Å². The third-order valence-electron chi connectivity index (χ3n) is 4.45. The lowest BCUT2D eigenvalue weighted by Crippen LogP contribution is -2.39. The highest BCUT2D eigenvalue weighted by molar-refractivity contribution is 5.69. The highest BCUT2D eigenvalue weighted by Crippen LogP contribution is 2.09. The number of fused-ring (bicyclic) bond motifs is 1. The molecule has 0 amide bonds. The molecule has 0 fully saturated rings. The molecular formula is C17H28N4O3. The van der Waals surface area contributed by atoms with Gasteiger partial charge in [0.15, 0.2) is 11.2 Å². The monoisotopic (exact) mass is 336 g/mol. The smallest absolute Gasteiger partial charge is 0.332 e. The maximum atomic E-state index is 12.5. The summed E-state index contributed by atoms with van der Waals surface area (Å²) in [7, 11) is 3.41. The van der Waals surface area contributed by atoms with E-state index >= 15 is 0 Å². The molecule has 0 bridgehead atoms. The highest BCUT2D eigenvalue weighted by atomic mass is 16.3. The fraction of sp³-hybridized carbons (Fsp3) is 0.706. The topological polar surface area (TPSA) is 82.1 Å². The summed E-state index contributed by atoms with van der Waals surface area (Å²) in [6, 6.07) is 0. The third kappa shape index (κ3) is 4.14. The van der Waals surface area contributed by atoms with Gasteiger partial charge in [-0.3, -0.25) is 13.9 Å². The van der Waals surface area contributed by atoms with Crippen molar-refractivity contribution in [1.82, 2.24) is 18.7 Å². The molecule has 134 valence electrons. The molecule has 0 saturated heterocycles. The van der Waals surface area contributed by atoms with Gasteiger partial charge in [-0.15, -0.1) is 0 Å². The van der Waals surface area contributed by atoms with E-state index in [9.17, 15) is 14.7 Å². The molecule has 0 spiro atoms. The molecule has 2 aromatic heterocycles. The molecule has 0 aliphatic carbocycles. The summed E-state index contributed by atoms with van der Waals surface area (Å²) < 4.78 is 4.42. The Labute approximate surface area is 141 Å². The highest BCUT2D eigenvalue weighted by Gasteiger charge is 2.14. The summed E-state index contributed by atoms with van der Waals surface area (Å²) in [5.74, 6) is 0. The molecule has 2 rings (SSSR count). The zero-order valence-corrected chi connectivity index (χ0v) is 14.9. The van der Waals surface area contributed by atoms with Crippen LogP contribution in [-0.2, 0) is 20.6 Å². The molecule has 1 atom stereocenters. The molecule has 0 aliphatic rings. The number of aliphatic hydroxyl groups excluding tert-OH is 1. The Morgan fingerprint density at radius 2 is 1.71 bits per heavy atom. The molecular weight excluding hydrogens is 308 g/mol. The number of nitrogens with zero attached hydrogens (tertiary/aromatic N) is 4. The summed E-state index contributed by atoms with van der Waals surface area (Å²) in [5.41, 5.74) is 0.338. The molecule has 0 aliphatic heterocycles. The maximum Gasteiger partial charge on any atom is 0.332 e. The van der Waals surface area contributed by atoms with Crippen LogP contribution in [0.4, 0.5) is 0 Å². The maximum absolute atomic E-state index is 12.5. The number of hydrogen-bond donors (Lipinski definition) is 1. The summed E-state index contributed by atoms with van der Waals surface area (Å²) in [5, 5.41) is 9.20. The second kappa shape index (κ2) is 8.28. The van der Waals surface area contributed by atoms with Crippen molar-refractivity contribution in [3.63, 3.8) is 0 Å². The standard InChI is InChI=1S/C17H28N4O3/c1-13(22)10-8-6-4-5-7-9-11-21-16(23)14-15(18-12-19(14)2)20(3)17(21)24/h12-13,22H,4-11H2,1-3H3. The summed E-state index contributed by atoms with van der Waals surface area (Å²) in [4.78, 5) is 29.0. The minimum atomic E-state index is -0.303. The number of hydrogen-bond acceptors (Lipinski definition) is 4. The average Bonchev–Trinajstić information content (AvgIpc) is 2.92. The normalized spacial score (nSPS) is 12.8. The van der Waals surface area contributed by atoms with Crippen molar-refractivity contribution in [3.05, 3.63) is 27.2 Å². The lowest BCUT2D eigenvalue weighted by atomic mass is 10.1. The van der Waals surface area contributed by atoms with Gasteiger partial charge in [-0.05, 0) is 19.8 Å². The Hall–Kier alpha value is -1.89. The zero-order valence-electron chi connectivity index (χ0n) is 14.9. The van der Waals surface area contributed by atoms with Crippen LogP contribution in [0.25, 0.3) is 11.2 Å². The molecule has 1 unspecified atom stereocenters. The fourth-order valence-electron chi connectivity index (χ4n) is 3.01. The van der Waals surface area contributed by atoms with Crippen LogP contribution in [0.5, 0.6) is 0 Å². The van der Waals surface area contributed by atoms with Gasteiger partial charge in [0.2, 0.25) is 0 Å². The minimum Gasteiger partial charge on any atom is -0.393 e. The van der Waals surface area contributed by atoms with Gasteiger partial charge in [0.25, 0.3) is 5.56 Å². The van der Waals surface area contributed by atoms with E-state index in [0.29, 0.717) is 17.7 Å². The second-order valence-electron chi connectivity index (χ2n) is 6.59. The Morgan fingerprint density at radius 3 is 2.38 bits per heavy atom. The van der Waals surface area contributed by atoms with Crippen LogP contribution in [0, 0.1) is 0 Å². The lowest BCUT2D eigenvalue weighted by Gasteiger charge is -2.08. The second-order valence-corrected chi connectivity index (χ2v) is 6.59. The van der Waals surface area contributed by atoms with E-state index in [-0.39, 0.29) is 17.4 Å². The van der Waals surface area contributed by atoms with Gasteiger partial charge >= 0.3 is 5.69 Å². The molecule has 0 aromatic carbocycles. The molecule has 7 heteroatoms. The van der Waals surface area contributed by atoms with E-state index < -0.39 is 0 Å². The average molecular weight is 336 g/mol. The van der Waals surface area contributed by atoms with Gasteiger partial charge in [-0.25, -0.2) is 9.78 Å². The molecule has 2 aromatic rings. The van der Waals surface area contributed by atoms with E-state index in [2.05, 4.69) is 4.98 Å². The zero-order chi connectivity index (χ0) is 17.7. The third-order valence-corrected chi connectivity index (χ3v) is 4.45. The number of unbranched alkanes of at least 4 members (excludes halogenated alkanes) is 5. The first-order valence-electron chi connectivity index (χ1n) is 8.72. The van der Waals surface area contributed by atoms with Crippen LogP contribution >= 0.6 is 0 Å². The Morgan fingerprint density at radius 1 is 1.08 bits per heavy atom. The van der Waals surface area contributed by atoms with Crippen molar-refractivity contribution >= 4 is 11.2 Å². The van der Waals surface area contributed by atoms with Crippen molar-refractivity contribution in [2.75, 3.05) is 0 Å². The van der Waals surface area contributed by atoms with Crippen LogP contribution in [-0.4, -0.2) is 29.9 Å². The van der Waals surface area contributed by atoms with Crippen LogP contribution in [0.2, 0.25) is 0 Å². The van der Waals surface area contributed by atoms with Crippen molar-refractivity contribution in [3.8, 4) is 0 Å². The first-order chi connectivity index (χ1) is 11.4. The molecule has 0 saturated carbocycles. The van der Waals surface area contributed by atoms with Gasteiger partial charge < -0.3 is 9.67 Å². The van der Waals surface area contributed by atoms with Crippen LogP contribution in [0.1, 0.15) is 51.9 Å². The Bertz CT molecular complexity index is 785. The Balaban J connectivity index is 1.91. The van der Waals surface area contributed by atoms with Gasteiger partial charge in [0, 0.05) is 20.6 Å². The minimum absolute atomic E-state index is 0.213. The van der Waals surface area contributed by atoms with Crippen LogP contribution in [0.3, 0.4) is 0 Å². The first-order valence-corrected chi connectivity index (χ1v) is 8.72. The van der Waals surface area contributed by atoms with Gasteiger partial charge in [0.05, 0.1) is 12.4 Å². The van der Waals surface area contributed by atoms with Crippen LogP contribution in [0.15, 0.2) is 15.9 Å². The Kier molecular flexibility index (Phi) is 6.36. The first kappa shape index (κ1) is 18.4. The molecule has 24 heavy (non-hydrogen) atoms. The van der Waals surface area contributed by atoms with Crippen molar-refractivity contribution in [1.29, 1.82) is 0 Å². The van der Waals surface area contributed by atoms with Gasteiger partial charge in [0.1, 0.15) is 0 Å². The summed E-state index contributed by atoms with van der Waals surface area (Å²) in [6.07, 6.45) is 8.39. The van der Waals surface area contributed by atoms with Crippen LogP contribution < -0.4 is 11.2 Å². The number of rotatable bonds is 9. The van der Waals surface area contributed by atoms with E-state index in [1.54, 1.807) is 25.0 Å². The van der Waals surface area contributed by atoms with Crippen molar-refractivity contribution in [2.45, 2.75) is 64.5 Å². The largest absolute Gasteiger partial charge is 0.393 e.